The van der Waals surface area contributed by atoms with Crippen LogP contribution in [0.5, 0.6) is 0 Å². The van der Waals surface area contributed by atoms with E-state index < -0.39 is 5.92 Å². The van der Waals surface area contributed by atoms with Gasteiger partial charge >= 0.3 is 0 Å². The number of hydrogen-bond donors (Lipinski definition) is 2. The Morgan fingerprint density at radius 2 is 1.74 bits per heavy atom. The summed E-state index contributed by atoms with van der Waals surface area (Å²) < 4.78 is 47.7. The second kappa shape index (κ2) is 11.7. The first-order valence-corrected chi connectivity index (χ1v) is 15.2. The number of pyridine rings is 1. The van der Waals surface area contributed by atoms with Crippen LogP contribution in [-0.2, 0) is 11.3 Å². The second-order valence-electron chi connectivity index (χ2n) is 12.1. The predicted octanol–water partition coefficient (Wildman–Crippen LogP) is 7.17. The van der Waals surface area contributed by atoms with Gasteiger partial charge in [-0.2, -0.15) is 0 Å². The molecule has 3 heterocycles. The number of likely N-dealkylation sites (tertiary alicyclic amines) is 1. The third kappa shape index (κ3) is 6.07. The van der Waals surface area contributed by atoms with Gasteiger partial charge in [-0.1, -0.05) is 30.3 Å². The van der Waals surface area contributed by atoms with E-state index in [1.54, 1.807) is 36.5 Å². The van der Waals surface area contributed by atoms with Crippen molar-refractivity contribution in [1.29, 1.82) is 0 Å². The highest BCUT2D eigenvalue weighted by Gasteiger charge is 2.44. The van der Waals surface area contributed by atoms with Gasteiger partial charge in [0.15, 0.2) is 0 Å². The summed E-state index contributed by atoms with van der Waals surface area (Å²) in [6.07, 6.45) is 1.78. The number of nitrogen functional groups attached to an aromatic ring is 1. The summed E-state index contributed by atoms with van der Waals surface area (Å²) >= 11 is 0. The van der Waals surface area contributed by atoms with Crippen molar-refractivity contribution < 1.29 is 27.2 Å². The largest absolute Gasteiger partial charge is 0.459 e. The number of aromatic nitrogens is 1. The number of carbonyl (C=O) groups is 2. The van der Waals surface area contributed by atoms with E-state index in [4.69, 9.17) is 10.2 Å². The quantitative estimate of drug-likeness (QED) is 0.200. The van der Waals surface area contributed by atoms with Gasteiger partial charge in [-0.15, -0.1) is 0 Å². The van der Waals surface area contributed by atoms with Gasteiger partial charge < -0.3 is 20.4 Å². The van der Waals surface area contributed by atoms with Gasteiger partial charge in [-0.25, -0.2) is 18.2 Å². The van der Waals surface area contributed by atoms with Crippen LogP contribution in [0, 0.1) is 11.7 Å². The van der Waals surface area contributed by atoms with Crippen LogP contribution in [-0.4, -0.2) is 40.7 Å². The molecule has 1 aliphatic heterocycles. The van der Waals surface area contributed by atoms with Crippen molar-refractivity contribution in [1.82, 2.24) is 15.2 Å². The molecule has 2 aliphatic rings. The Kier molecular flexibility index (Phi) is 7.50. The van der Waals surface area contributed by atoms with Gasteiger partial charge in [0.1, 0.15) is 23.0 Å². The molecule has 1 saturated carbocycles. The Balaban J connectivity index is 1.12. The molecule has 3 N–H and O–H groups in total. The number of nitrogens with two attached hydrogens (primary N) is 1. The molecule has 0 spiro atoms. The Hall–Kier alpha value is -5.12. The molecule has 2 atom stereocenters. The minimum absolute atomic E-state index is 0.0197. The lowest BCUT2D eigenvalue weighted by molar-refractivity contribution is -0.122. The van der Waals surface area contributed by atoms with Crippen molar-refractivity contribution in [3.05, 3.63) is 108 Å². The average Bonchev–Trinajstić information content (AvgIpc) is 3.75. The fraction of sp³-hybridized carbons (Fsp3) is 0.250. The Morgan fingerprint density at radius 1 is 0.957 bits per heavy atom. The number of amides is 2. The number of nitrogens with zero attached hydrogens (tertiary/aromatic N) is 2. The lowest BCUT2D eigenvalue weighted by atomic mass is 9.96. The molecule has 1 saturated heterocycles. The minimum Gasteiger partial charge on any atom is -0.459 e. The monoisotopic (exact) mass is 624 g/mol. The van der Waals surface area contributed by atoms with E-state index in [1.165, 1.54) is 17.0 Å². The van der Waals surface area contributed by atoms with E-state index in [-0.39, 0.29) is 61.9 Å². The summed E-state index contributed by atoms with van der Waals surface area (Å²) in [7, 11) is 0. The Labute approximate surface area is 263 Å². The molecular formula is C36H31F3N4O3. The smallest absolute Gasteiger partial charge is 0.253 e. The van der Waals surface area contributed by atoms with Gasteiger partial charge in [0.25, 0.3) is 11.8 Å². The molecule has 0 radical (unpaired) electrons. The van der Waals surface area contributed by atoms with Crippen molar-refractivity contribution in [3.63, 3.8) is 0 Å². The zero-order chi connectivity index (χ0) is 32.0. The first-order valence-electron chi connectivity index (χ1n) is 15.2. The second-order valence-corrected chi connectivity index (χ2v) is 12.1. The standard InChI is InChI=1S/C36H31F3N4O3/c37-27-3-1-2-23(15-27)30-17-25(21-4-6-22(7-5-21)35(45)43-12-10-36(38,39)11-13-43)14-26-16-28(46-33(26)30)20-42-34(44)31-18-29(31)24-8-9-32(40)41-19-24/h1-9,14-17,19,29,31H,10-13,18,20H2,(H2,40,41)(H,42,44)/t29-,31+/m1/s1. The molecule has 0 bridgehead atoms. The average molecular weight is 625 g/mol. The molecule has 1 aliphatic carbocycles. The summed E-state index contributed by atoms with van der Waals surface area (Å²) in [6, 6.07) is 22.6. The predicted molar refractivity (Wildman–Crippen MR) is 168 cm³/mol. The summed E-state index contributed by atoms with van der Waals surface area (Å²) in [5, 5.41) is 3.75. The number of anilines is 1. The molecule has 7 nitrogen and oxygen atoms in total. The van der Waals surface area contributed by atoms with Crippen LogP contribution in [0.15, 0.2) is 89.5 Å². The lowest BCUT2D eigenvalue weighted by Gasteiger charge is -2.31. The van der Waals surface area contributed by atoms with Crippen LogP contribution in [0.2, 0.25) is 0 Å². The molecule has 46 heavy (non-hydrogen) atoms. The minimum atomic E-state index is -2.73. The highest BCUT2D eigenvalue weighted by molar-refractivity contribution is 5.98. The molecule has 3 aromatic carbocycles. The van der Waals surface area contributed by atoms with Crippen molar-refractivity contribution in [2.45, 2.75) is 37.6 Å². The number of nitrogens with one attached hydrogen (secondary N) is 1. The maximum Gasteiger partial charge on any atom is 0.253 e. The summed E-state index contributed by atoms with van der Waals surface area (Å²) in [5.41, 5.74) is 10.6. The van der Waals surface area contributed by atoms with Gasteiger partial charge in [0, 0.05) is 54.6 Å². The summed E-state index contributed by atoms with van der Waals surface area (Å²) in [5.74, 6) is -2.50. The van der Waals surface area contributed by atoms with Crippen LogP contribution < -0.4 is 11.1 Å². The number of furan rings is 1. The van der Waals surface area contributed by atoms with Crippen LogP contribution >= 0.6 is 0 Å². The molecule has 5 aromatic rings. The molecule has 234 valence electrons. The summed E-state index contributed by atoms with van der Waals surface area (Å²) in [6.45, 7) is 0.228. The van der Waals surface area contributed by atoms with E-state index in [9.17, 15) is 22.8 Å². The normalized spacial score (nSPS) is 18.8. The number of rotatable bonds is 7. The maximum atomic E-state index is 14.3. The van der Waals surface area contributed by atoms with Crippen molar-refractivity contribution >= 4 is 28.6 Å². The zero-order valence-corrected chi connectivity index (χ0v) is 24.8. The number of benzene rings is 3. The van der Waals surface area contributed by atoms with E-state index in [1.807, 2.05) is 36.4 Å². The number of piperidine rings is 1. The van der Waals surface area contributed by atoms with Crippen LogP contribution in [0.25, 0.3) is 33.2 Å². The van der Waals surface area contributed by atoms with Gasteiger partial charge in [-0.3, -0.25) is 9.59 Å². The highest BCUT2D eigenvalue weighted by Crippen LogP contribution is 2.47. The molecule has 2 aromatic heterocycles. The Morgan fingerprint density at radius 3 is 2.46 bits per heavy atom. The Bertz CT molecular complexity index is 1930. The molecule has 2 fully saturated rings. The fourth-order valence-corrected chi connectivity index (χ4v) is 6.15. The number of carbonyl (C=O) groups excluding carboxylic acids is 2. The number of fused-ring (bicyclic) bond motifs is 1. The summed E-state index contributed by atoms with van der Waals surface area (Å²) in [4.78, 5) is 31.5. The highest BCUT2D eigenvalue weighted by atomic mass is 19.3. The number of alkyl halides is 2. The topological polar surface area (TPSA) is 101 Å². The van der Waals surface area contributed by atoms with Crippen LogP contribution in [0.1, 0.15) is 46.9 Å². The lowest BCUT2D eigenvalue weighted by Crippen LogP contribution is -2.42. The molecule has 0 unspecified atom stereocenters. The molecule has 10 heteroatoms. The van der Waals surface area contributed by atoms with Crippen molar-refractivity contribution in [3.8, 4) is 22.3 Å². The van der Waals surface area contributed by atoms with E-state index in [0.29, 0.717) is 33.9 Å². The SMILES string of the molecule is Nc1ccc([C@H]2C[C@@H]2C(=O)NCc2cc3cc(-c4ccc(C(=O)N5CCC(F)(F)CC5)cc4)cc(-c4cccc(F)c4)c3o2)cn1. The van der Waals surface area contributed by atoms with Crippen molar-refractivity contribution in [2.75, 3.05) is 18.8 Å². The first kappa shape index (κ1) is 29.6. The maximum absolute atomic E-state index is 14.3. The van der Waals surface area contributed by atoms with Gasteiger partial charge in [0.2, 0.25) is 5.91 Å². The van der Waals surface area contributed by atoms with Crippen molar-refractivity contribution in [2.24, 2.45) is 5.92 Å². The van der Waals surface area contributed by atoms with Crippen LogP contribution in [0.4, 0.5) is 19.0 Å². The number of halogens is 3. The third-order valence-corrected chi connectivity index (χ3v) is 8.85. The van der Waals surface area contributed by atoms with E-state index in [0.717, 1.165) is 28.5 Å². The molecule has 7 rings (SSSR count). The fourth-order valence-electron chi connectivity index (χ4n) is 6.15. The van der Waals surface area contributed by atoms with Gasteiger partial charge in [-0.05, 0) is 83.1 Å². The first-order chi connectivity index (χ1) is 22.1. The zero-order valence-electron chi connectivity index (χ0n) is 24.8. The van der Waals surface area contributed by atoms with E-state index in [2.05, 4.69) is 10.3 Å². The third-order valence-electron chi connectivity index (χ3n) is 8.85. The van der Waals surface area contributed by atoms with Gasteiger partial charge in [0.05, 0.1) is 6.54 Å². The van der Waals surface area contributed by atoms with Crippen LogP contribution in [0.3, 0.4) is 0 Å². The van der Waals surface area contributed by atoms with E-state index >= 15 is 0 Å². The number of hydrogen-bond acceptors (Lipinski definition) is 5. The molecule has 2 amide bonds. The molecular weight excluding hydrogens is 593 g/mol.